The molecular formula is C29H37N10O3+. The van der Waals surface area contributed by atoms with Gasteiger partial charge < -0.3 is 25.2 Å². The number of nitrogen functional groups attached to an aromatic ring is 1. The Labute approximate surface area is 244 Å². The van der Waals surface area contributed by atoms with Gasteiger partial charge in [0.2, 0.25) is 5.95 Å². The van der Waals surface area contributed by atoms with Crippen molar-refractivity contribution in [1.82, 2.24) is 34.6 Å². The zero-order valence-corrected chi connectivity index (χ0v) is 24.1. The molecule has 3 aliphatic heterocycles. The van der Waals surface area contributed by atoms with E-state index in [4.69, 9.17) is 20.4 Å². The molecule has 3 aromatic rings. The average Bonchev–Trinajstić information content (AvgIpc) is 3.45. The van der Waals surface area contributed by atoms with Crippen LogP contribution in [0, 0.1) is 0 Å². The molecule has 0 radical (unpaired) electrons. The van der Waals surface area contributed by atoms with E-state index in [2.05, 4.69) is 21.9 Å². The Morgan fingerprint density at radius 3 is 2.52 bits per heavy atom. The average molecular weight is 574 g/mol. The van der Waals surface area contributed by atoms with Gasteiger partial charge >= 0.3 is 12.0 Å². The van der Waals surface area contributed by atoms with Crippen molar-refractivity contribution in [2.24, 2.45) is 0 Å². The summed E-state index contributed by atoms with van der Waals surface area (Å²) in [5, 5.41) is 0. The molecule has 42 heavy (non-hydrogen) atoms. The van der Waals surface area contributed by atoms with Crippen molar-refractivity contribution < 1.29 is 19.2 Å². The lowest BCUT2D eigenvalue weighted by Crippen LogP contribution is -3.10. The first-order chi connectivity index (χ1) is 20.4. The first kappa shape index (κ1) is 27.9. The third kappa shape index (κ3) is 5.75. The van der Waals surface area contributed by atoms with Crippen LogP contribution in [0.1, 0.15) is 21.5 Å². The van der Waals surface area contributed by atoms with E-state index in [1.54, 1.807) is 29.2 Å². The number of carbonyl (C=O) groups excluding carboxylic acids is 2. The lowest BCUT2D eigenvalue weighted by molar-refractivity contribution is -0.847. The molecule has 6 rings (SSSR count). The predicted molar refractivity (Wildman–Crippen MR) is 156 cm³/mol. The molecule has 5 heterocycles. The van der Waals surface area contributed by atoms with E-state index >= 15 is 0 Å². The number of hydrogen-bond donors (Lipinski definition) is 2. The molecule has 2 aromatic heterocycles. The summed E-state index contributed by atoms with van der Waals surface area (Å²) in [6, 6.07) is 7.41. The quantitative estimate of drug-likeness (QED) is 0.434. The molecule has 0 spiro atoms. The fourth-order valence-electron chi connectivity index (χ4n) is 5.68. The van der Waals surface area contributed by atoms with Crippen LogP contribution in [-0.2, 0) is 17.7 Å². The Bertz CT molecular complexity index is 1450. The zero-order valence-electron chi connectivity index (χ0n) is 24.1. The van der Waals surface area contributed by atoms with E-state index in [9.17, 15) is 9.59 Å². The number of hydrogen-bond acceptors (Lipinski definition) is 9. The van der Waals surface area contributed by atoms with Gasteiger partial charge in [-0.15, -0.1) is 0 Å². The number of likely N-dealkylation sites (N-methyl/N-ethyl adjacent to an activating group) is 1. The van der Waals surface area contributed by atoms with E-state index in [0.29, 0.717) is 63.1 Å². The van der Waals surface area contributed by atoms with Crippen LogP contribution in [0.3, 0.4) is 0 Å². The molecule has 0 unspecified atom stereocenters. The maximum absolute atomic E-state index is 13.8. The Morgan fingerprint density at radius 1 is 1.05 bits per heavy atom. The van der Waals surface area contributed by atoms with Crippen molar-refractivity contribution in [3.63, 3.8) is 0 Å². The van der Waals surface area contributed by atoms with Crippen molar-refractivity contribution in [3.05, 3.63) is 53.3 Å². The van der Waals surface area contributed by atoms with Crippen molar-refractivity contribution in [1.29, 1.82) is 0 Å². The summed E-state index contributed by atoms with van der Waals surface area (Å²) in [6.07, 6.45) is 3.94. The second kappa shape index (κ2) is 12.0. The molecule has 2 saturated heterocycles. The van der Waals surface area contributed by atoms with Gasteiger partial charge in [-0.2, -0.15) is 9.97 Å². The molecule has 3 N–H and O–H groups in total. The molecule has 0 bridgehead atoms. The Kier molecular flexibility index (Phi) is 7.96. The van der Waals surface area contributed by atoms with E-state index in [1.165, 1.54) is 0 Å². The van der Waals surface area contributed by atoms with Gasteiger partial charge in [-0.05, 0) is 31.2 Å². The number of fused-ring (bicyclic) bond motifs is 1. The van der Waals surface area contributed by atoms with Crippen LogP contribution in [0.4, 0.5) is 22.5 Å². The highest BCUT2D eigenvalue weighted by Gasteiger charge is 2.34. The minimum atomic E-state index is -0.161. The number of piperazine rings is 1. The summed E-state index contributed by atoms with van der Waals surface area (Å²) in [5.74, 6) is 1.46. The number of quaternary nitrogens is 1. The normalized spacial score (nSPS) is 17.8. The summed E-state index contributed by atoms with van der Waals surface area (Å²) in [7, 11) is 3.84. The third-order valence-electron chi connectivity index (χ3n) is 8.13. The Morgan fingerprint density at radius 2 is 1.79 bits per heavy atom. The van der Waals surface area contributed by atoms with Gasteiger partial charge in [0.1, 0.15) is 18.9 Å². The van der Waals surface area contributed by atoms with Crippen LogP contribution in [0.15, 0.2) is 36.7 Å². The summed E-state index contributed by atoms with van der Waals surface area (Å²) in [4.78, 5) is 53.8. The van der Waals surface area contributed by atoms with Gasteiger partial charge in [0.25, 0.3) is 5.91 Å². The smallest absolute Gasteiger partial charge is 0.329 e. The number of benzene rings is 1. The van der Waals surface area contributed by atoms with Crippen molar-refractivity contribution in [2.45, 2.75) is 13.0 Å². The number of nitrogens with zero attached hydrogens (tertiary/aromatic N) is 8. The number of urea groups is 1. The largest absolute Gasteiger partial charge is 0.370 e. The molecule has 3 aliphatic rings. The lowest BCUT2D eigenvalue weighted by atomic mass is 10.1. The summed E-state index contributed by atoms with van der Waals surface area (Å²) >= 11 is 0. The van der Waals surface area contributed by atoms with Gasteiger partial charge in [-0.3, -0.25) is 14.6 Å². The minimum Gasteiger partial charge on any atom is -0.370 e. The van der Waals surface area contributed by atoms with Gasteiger partial charge in [-0.25, -0.2) is 14.8 Å². The highest BCUT2D eigenvalue weighted by atomic mass is 16.5. The van der Waals surface area contributed by atoms with Crippen molar-refractivity contribution in [3.8, 4) is 11.3 Å². The Hall–Kier alpha value is -4.20. The highest BCUT2D eigenvalue weighted by Crippen LogP contribution is 2.34. The Balaban J connectivity index is 1.23. The van der Waals surface area contributed by atoms with E-state index in [-0.39, 0.29) is 17.9 Å². The number of nitrogens with two attached hydrogens (primary N) is 1. The topological polar surface area (TPSA) is 138 Å². The predicted octanol–water partition coefficient (Wildman–Crippen LogP) is 0.0645. The van der Waals surface area contributed by atoms with E-state index < -0.39 is 0 Å². The molecule has 0 atom stereocenters. The molecule has 0 saturated carbocycles. The highest BCUT2D eigenvalue weighted by molar-refractivity contribution is 5.95. The van der Waals surface area contributed by atoms with Crippen LogP contribution in [-0.4, -0.2) is 120 Å². The third-order valence-corrected chi connectivity index (χ3v) is 8.13. The number of amides is 3. The van der Waals surface area contributed by atoms with Gasteiger partial charge in [0.15, 0.2) is 0 Å². The number of carbonyl (C=O) groups is 2. The molecule has 0 aliphatic carbocycles. The monoisotopic (exact) mass is 573 g/mol. The molecule has 2 fully saturated rings. The van der Waals surface area contributed by atoms with E-state index in [1.807, 2.05) is 29.2 Å². The SMILES string of the molecule is CN1CCN(C(=O)c2cccc(CN(C)C(=O)N3CCc4c(-c5cnc(N)nc5)nc([NH+]5CCOCC5)nc43)c2)CC1. The number of nitrogens with one attached hydrogen (secondary N) is 1. The molecule has 220 valence electrons. The van der Waals surface area contributed by atoms with Crippen LogP contribution in [0.25, 0.3) is 11.3 Å². The number of morpholine rings is 1. The minimum absolute atomic E-state index is 0.0291. The van der Waals surface area contributed by atoms with Crippen LogP contribution in [0.2, 0.25) is 0 Å². The number of rotatable bonds is 5. The number of aromatic nitrogens is 4. The summed E-state index contributed by atoms with van der Waals surface area (Å²) < 4.78 is 5.54. The van der Waals surface area contributed by atoms with Crippen molar-refractivity contribution in [2.75, 3.05) is 83.8 Å². The summed E-state index contributed by atoms with van der Waals surface area (Å²) in [6.45, 7) is 6.74. The maximum atomic E-state index is 13.8. The van der Waals surface area contributed by atoms with Gasteiger partial charge in [-0.1, -0.05) is 12.1 Å². The van der Waals surface area contributed by atoms with Crippen LogP contribution in [0.5, 0.6) is 0 Å². The van der Waals surface area contributed by atoms with Crippen LogP contribution >= 0.6 is 0 Å². The first-order valence-corrected chi connectivity index (χ1v) is 14.4. The first-order valence-electron chi connectivity index (χ1n) is 14.4. The molecule has 3 amide bonds. The molecule has 13 heteroatoms. The summed E-state index contributed by atoms with van der Waals surface area (Å²) in [5.41, 5.74) is 9.63. The standard InChI is InChI=1S/C29H36N10O3/c1-35-8-10-37(11-9-35)26(40)21-5-3-4-20(16-21)19-36(2)29(41)39-7-6-23-24(22-17-31-27(30)32-18-22)33-28(34-25(23)39)38-12-14-42-15-13-38/h3-5,16-18H,6-15,19H2,1-2H3,(H2,30,31,32)/p+1. The number of ether oxygens (including phenoxy) is 1. The van der Waals surface area contributed by atoms with Gasteiger partial charge in [0.05, 0.1) is 18.9 Å². The fourth-order valence-corrected chi connectivity index (χ4v) is 5.68. The second-order valence-corrected chi connectivity index (χ2v) is 11.1. The zero-order chi connectivity index (χ0) is 29.2. The second-order valence-electron chi connectivity index (χ2n) is 11.1. The number of anilines is 2. The lowest BCUT2D eigenvalue weighted by Gasteiger charge is -2.32. The molecular weight excluding hydrogens is 536 g/mol. The maximum Gasteiger partial charge on any atom is 0.329 e. The van der Waals surface area contributed by atoms with E-state index in [0.717, 1.165) is 53.5 Å². The van der Waals surface area contributed by atoms with Crippen molar-refractivity contribution >= 4 is 29.7 Å². The molecule has 13 nitrogen and oxygen atoms in total. The van der Waals surface area contributed by atoms with Gasteiger partial charge in [0, 0.05) is 75.4 Å². The van der Waals surface area contributed by atoms with Crippen LogP contribution < -0.4 is 15.5 Å². The molecule has 1 aromatic carbocycles. The fraction of sp³-hybridized carbons (Fsp3) is 0.448.